The van der Waals surface area contributed by atoms with E-state index in [9.17, 15) is 0 Å². The molecule has 0 heterocycles. The summed E-state index contributed by atoms with van der Waals surface area (Å²) in [5, 5.41) is 4.96. The zero-order valence-corrected chi connectivity index (χ0v) is 29.6. The van der Waals surface area contributed by atoms with Crippen LogP contribution >= 0.6 is 0 Å². The van der Waals surface area contributed by atoms with Crippen LogP contribution in [0, 0.1) is 0 Å². The van der Waals surface area contributed by atoms with Crippen molar-refractivity contribution in [1.82, 2.24) is 0 Å². The van der Waals surface area contributed by atoms with Gasteiger partial charge in [-0.15, -0.1) is 0 Å². The second-order valence-corrected chi connectivity index (χ2v) is 14.3. The predicted molar refractivity (Wildman–Crippen MR) is 224 cm³/mol. The van der Waals surface area contributed by atoms with Gasteiger partial charge in [0, 0.05) is 22.5 Å². The van der Waals surface area contributed by atoms with E-state index in [0.717, 1.165) is 17.1 Å². The van der Waals surface area contributed by atoms with Crippen LogP contribution in [0.25, 0.3) is 54.9 Å². The van der Waals surface area contributed by atoms with E-state index in [-0.39, 0.29) is 5.41 Å². The number of benzene rings is 9. The molecule has 0 aliphatic heterocycles. The summed E-state index contributed by atoms with van der Waals surface area (Å²) in [7, 11) is 0. The Balaban J connectivity index is 1.11. The quantitative estimate of drug-likeness (QED) is 0.170. The average molecular weight is 676 g/mol. The molecule has 0 N–H and O–H groups in total. The molecule has 0 saturated carbocycles. The van der Waals surface area contributed by atoms with Gasteiger partial charge in [0.1, 0.15) is 0 Å². The van der Waals surface area contributed by atoms with Gasteiger partial charge in [-0.1, -0.05) is 164 Å². The smallest absolute Gasteiger partial charge is 0.0468 e. The van der Waals surface area contributed by atoms with E-state index in [1.807, 2.05) is 0 Å². The summed E-state index contributed by atoms with van der Waals surface area (Å²) >= 11 is 0. The summed E-state index contributed by atoms with van der Waals surface area (Å²) in [6.45, 7) is 2.39. The van der Waals surface area contributed by atoms with Crippen LogP contribution in [0.1, 0.15) is 23.6 Å². The maximum absolute atomic E-state index is 2.39. The van der Waals surface area contributed by atoms with Crippen LogP contribution in [-0.4, -0.2) is 0 Å². The number of hydrogen-bond donors (Lipinski definition) is 0. The molecule has 0 bridgehead atoms. The van der Waals surface area contributed by atoms with Crippen molar-refractivity contribution in [2.45, 2.75) is 12.3 Å². The van der Waals surface area contributed by atoms with Gasteiger partial charge in [0.25, 0.3) is 0 Å². The van der Waals surface area contributed by atoms with Gasteiger partial charge in [0.15, 0.2) is 0 Å². The van der Waals surface area contributed by atoms with Crippen LogP contribution < -0.4 is 4.90 Å². The third-order valence-electron chi connectivity index (χ3n) is 11.3. The Morgan fingerprint density at radius 2 is 0.906 bits per heavy atom. The van der Waals surface area contributed by atoms with Crippen molar-refractivity contribution in [2.75, 3.05) is 4.90 Å². The van der Waals surface area contributed by atoms with Crippen molar-refractivity contribution < 1.29 is 0 Å². The van der Waals surface area contributed by atoms with Gasteiger partial charge in [-0.2, -0.15) is 0 Å². The highest BCUT2D eigenvalue weighted by molar-refractivity contribution is 5.96. The standard InChI is InChI=1S/C52H37N/c1-52(43-18-3-2-4-19-43)49-23-10-9-21-48(49)51-47(22-12-24-50(51)52)42-17-11-20-45(35-42)53(46-32-29-37-14-6-8-16-40(37)34-46)44-30-27-38(28-31-44)41-26-25-36-13-5-7-15-39(36)33-41/h2-35H,1H3. The van der Waals surface area contributed by atoms with Crippen molar-refractivity contribution in [3.05, 3.63) is 223 Å². The molecule has 0 spiro atoms. The average Bonchev–Trinajstić information content (AvgIpc) is 3.50. The van der Waals surface area contributed by atoms with Gasteiger partial charge in [-0.25, -0.2) is 0 Å². The number of rotatable bonds is 6. The molecule has 0 radical (unpaired) electrons. The third-order valence-corrected chi connectivity index (χ3v) is 11.3. The fourth-order valence-corrected chi connectivity index (χ4v) is 8.61. The first-order valence-corrected chi connectivity index (χ1v) is 18.4. The van der Waals surface area contributed by atoms with E-state index in [0.29, 0.717) is 0 Å². The van der Waals surface area contributed by atoms with Crippen LogP contribution in [0.3, 0.4) is 0 Å². The molecule has 1 atom stereocenters. The van der Waals surface area contributed by atoms with E-state index >= 15 is 0 Å². The lowest BCUT2D eigenvalue weighted by atomic mass is 9.74. The molecule has 1 heteroatoms. The van der Waals surface area contributed by atoms with Gasteiger partial charge in [0.05, 0.1) is 0 Å². The van der Waals surface area contributed by atoms with Crippen LogP contribution in [0.5, 0.6) is 0 Å². The van der Waals surface area contributed by atoms with E-state index in [4.69, 9.17) is 0 Å². The monoisotopic (exact) mass is 675 g/mol. The van der Waals surface area contributed by atoms with Gasteiger partial charge in [-0.3, -0.25) is 0 Å². The molecule has 1 aliphatic rings. The van der Waals surface area contributed by atoms with E-state index in [1.165, 1.54) is 71.6 Å². The Bertz CT molecular complexity index is 2800. The molecule has 0 aromatic heterocycles. The molecule has 10 rings (SSSR count). The Labute approximate surface area is 311 Å². The molecule has 53 heavy (non-hydrogen) atoms. The van der Waals surface area contributed by atoms with E-state index < -0.39 is 0 Å². The normalized spacial score (nSPS) is 14.6. The van der Waals surface area contributed by atoms with Crippen LogP contribution in [-0.2, 0) is 5.41 Å². The Hall–Kier alpha value is -6.70. The molecule has 1 nitrogen and oxygen atoms in total. The van der Waals surface area contributed by atoms with Crippen LogP contribution in [0.2, 0.25) is 0 Å². The molecule has 0 fully saturated rings. The fraction of sp³-hybridized carbons (Fsp3) is 0.0385. The van der Waals surface area contributed by atoms with Crippen molar-refractivity contribution in [2.24, 2.45) is 0 Å². The zero-order valence-electron chi connectivity index (χ0n) is 29.6. The van der Waals surface area contributed by atoms with Crippen molar-refractivity contribution in [1.29, 1.82) is 0 Å². The van der Waals surface area contributed by atoms with E-state index in [2.05, 4.69) is 218 Å². The highest BCUT2D eigenvalue weighted by Crippen LogP contribution is 2.55. The lowest BCUT2D eigenvalue weighted by molar-refractivity contribution is 0.714. The van der Waals surface area contributed by atoms with Gasteiger partial charge in [-0.05, 0) is 121 Å². The second kappa shape index (κ2) is 12.5. The van der Waals surface area contributed by atoms with Crippen LogP contribution in [0.15, 0.2) is 206 Å². The topological polar surface area (TPSA) is 3.24 Å². The predicted octanol–water partition coefficient (Wildman–Crippen LogP) is 14.1. The summed E-state index contributed by atoms with van der Waals surface area (Å²) in [6.07, 6.45) is 0. The minimum atomic E-state index is -0.245. The van der Waals surface area contributed by atoms with Crippen molar-refractivity contribution in [3.63, 3.8) is 0 Å². The minimum Gasteiger partial charge on any atom is -0.310 e. The minimum absolute atomic E-state index is 0.245. The Kier molecular flexibility index (Phi) is 7.33. The number of hydrogen-bond acceptors (Lipinski definition) is 1. The summed E-state index contributed by atoms with van der Waals surface area (Å²) < 4.78 is 0. The molecular weight excluding hydrogens is 639 g/mol. The number of anilines is 3. The summed E-state index contributed by atoms with van der Waals surface area (Å²) in [6, 6.07) is 75.5. The SMILES string of the molecule is CC1(c2ccccc2)c2ccccc2-c2c(-c3cccc(N(c4ccc(-c5ccc6ccccc6c5)cc4)c4ccc5ccccc5c4)c3)cccc21. The van der Waals surface area contributed by atoms with Crippen molar-refractivity contribution >= 4 is 38.6 Å². The molecule has 1 aliphatic carbocycles. The first-order valence-electron chi connectivity index (χ1n) is 18.4. The summed E-state index contributed by atoms with van der Waals surface area (Å²) in [4.78, 5) is 2.39. The Morgan fingerprint density at radius 1 is 0.340 bits per heavy atom. The molecule has 1 unspecified atom stereocenters. The summed E-state index contributed by atoms with van der Waals surface area (Å²) in [5.41, 5.74) is 14.6. The molecule has 0 amide bonds. The third kappa shape index (κ3) is 5.16. The number of fused-ring (bicyclic) bond motifs is 5. The highest BCUT2D eigenvalue weighted by atomic mass is 15.1. The molecule has 9 aromatic rings. The Morgan fingerprint density at radius 3 is 1.70 bits per heavy atom. The first-order chi connectivity index (χ1) is 26.1. The first kappa shape index (κ1) is 31.1. The largest absolute Gasteiger partial charge is 0.310 e. The fourth-order valence-electron chi connectivity index (χ4n) is 8.61. The maximum Gasteiger partial charge on any atom is 0.0468 e. The maximum atomic E-state index is 2.39. The molecular formula is C52H37N. The lowest BCUT2D eigenvalue weighted by Gasteiger charge is -2.28. The summed E-state index contributed by atoms with van der Waals surface area (Å²) in [5.74, 6) is 0. The van der Waals surface area contributed by atoms with Gasteiger partial charge >= 0.3 is 0 Å². The highest BCUT2D eigenvalue weighted by Gasteiger charge is 2.41. The van der Waals surface area contributed by atoms with Gasteiger partial charge < -0.3 is 4.90 Å². The van der Waals surface area contributed by atoms with Gasteiger partial charge in [0.2, 0.25) is 0 Å². The lowest BCUT2D eigenvalue weighted by Crippen LogP contribution is -2.22. The van der Waals surface area contributed by atoms with Crippen molar-refractivity contribution in [3.8, 4) is 33.4 Å². The number of nitrogens with zero attached hydrogens (tertiary/aromatic N) is 1. The molecule has 9 aromatic carbocycles. The zero-order chi connectivity index (χ0) is 35.4. The second-order valence-electron chi connectivity index (χ2n) is 14.3. The van der Waals surface area contributed by atoms with E-state index in [1.54, 1.807) is 0 Å². The molecule has 250 valence electrons. The molecule has 0 saturated heterocycles. The van der Waals surface area contributed by atoms with Crippen LogP contribution in [0.4, 0.5) is 17.1 Å².